The predicted octanol–water partition coefficient (Wildman–Crippen LogP) is 3.04. The van der Waals surface area contributed by atoms with Gasteiger partial charge in [0.2, 0.25) is 0 Å². The lowest BCUT2D eigenvalue weighted by molar-refractivity contribution is -0.141. The fraction of sp³-hybridized carbons (Fsp3) is 0.462. The van der Waals surface area contributed by atoms with Crippen molar-refractivity contribution in [2.24, 2.45) is 5.92 Å². The number of carbonyl (C=O) groups is 1. The molecule has 0 heterocycles. The molecule has 3 nitrogen and oxygen atoms in total. The minimum atomic E-state index is -0.664. The Balaban J connectivity index is 2.06. The van der Waals surface area contributed by atoms with Crippen molar-refractivity contribution in [2.75, 3.05) is 7.11 Å². The second kappa shape index (κ2) is 5.45. The zero-order valence-electron chi connectivity index (χ0n) is 9.76. The van der Waals surface area contributed by atoms with Crippen molar-refractivity contribution >= 4 is 17.7 Å². The molecule has 92 valence electrons. The molecule has 17 heavy (non-hydrogen) atoms. The molecule has 0 spiro atoms. The Labute approximate surface area is 105 Å². The van der Waals surface area contributed by atoms with E-state index in [9.17, 15) is 4.79 Å². The highest BCUT2D eigenvalue weighted by Gasteiger charge is 2.33. The molecule has 1 aromatic rings. The standard InChI is InChI=1S/C13H16O3S/c1-16-9-4-2-5-10(8-9)17-12-7-3-6-11(12)13(14)15/h2,4-5,8,11-12H,3,6-7H2,1H3,(H,14,15). The molecule has 4 heteroatoms. The van der Waals surface area contributed by atoms with Gasteiger partial charge < -0.3 is 9.84 Å². The third kappa shape index (κ3) is 2.94. The summed E-state index contributed by atoms with van der Waals surface area (Å²) >= 11 is 1.66. The maximum absolute atomic E-state index is 11.1. The fourth-order valence-electron chi connectivity index (χ4n) is 2.20. The summed E-state index contributed by atoms with van der Waals surface area (Å²) in [7, 11) is 1.64. The molecular formula is C13H16O3S. The third-order valence-electron chi connectivity index (χ3n) is 3.10. The van der Waals surface area contributed by atoms with Crippen LogP contribution >= 0.6 is 11.8 Å². The van der Waals surface area contributed by atoms with E-state index in [0.717, 1.165) is 29.9 Å². The second-order valence-corrected chi connectivity index (χ2v) is 5.52. The van der Waals surface area contributed by atoms with Crippen LogP contribution in [0, 0.1) is 5.92 Å². The van der Waals surface area contributed by atoms with Crippen LogP contribution in [0.15, 0.2) is 29.2 Å². The Hall–Kier alpha value is -1.16. The molecule has 0 amide bonds. The normalized spacial score (nSPS) is 23.6. The van der Waals surface area contributed by atoms with E-state index < -0.39 is 5.97 Å². The van der Waals surface area contributed by atoms with E-state index in [1.807, 2.05) is 24.3 Å². The molecule has 0 aromatic heterocycles. The molecule has 2 atom stereocenters. The van der Waals surface area contributed by atoms with E-state index in [4.69, 9.17) is 9.84 Å². The lowest BCUT2D eigenvalue weighted by Gasteiger charge is -2.15. The van der Waals surface area contributed by atoms with Crippen molar-refractivity contribution in [1.29, 1.82) is 0 Å². The molecule has 1 saturated carbocycles. The van der Waals surface area contributed by atoms with Crippen LogP contribution in [0.25, 0.3) is 0 Å². The molecule has 0 bridgehead atoms. The average molecular weight is 252 g/mol. The predicted molar refractivity (Wildman–Crippen MR) is 67.6 cm³/mol. The Kier molecular flexibility index (Phi) is 3.94. The van der Waals surface area contributed by atoms with E-state index in [-0.39, 0.29) is 11.2 Å². The van der Waals surface area contributed by atoms with Crippen molar-refractivity contribution in [2.45, 2.75) is 29.4 Å². The van der Waals surface area contributed by atoms with Gasteiger partial charge in [-0.25, -0.2) is 0 Å². The molecule has 1 N–H and O–H groups in total. The van der Waals surface area contributed by atoms with Crippen molar-refractivity contribution in [3.63, 3.8) is 0 Å². The van der Waals surface area contributed by atoms with Gasteiger partial charge >= 0.3 is 5.97 Å². The largest absolute Gasteiger partial charge is 0.497 e. The van der Waals surface area contributed by atoms with Crippen LogP contribution in [-0.4, -0.2) is 23.4 Å². The van der Waals surface area contributed by atoms with Crippen molar-refractivity contribution in [3.05, 3.63) is 24.3 Å². The quantitative estimate of drug-likeness (QED) is 0.894. The van der Waals surface area contributed by atoms with Gasteiger partial charge in [-0.2, -0.15) is 0 Å². The Morgan fingerprint density at radius 1 is 1.47 bits per heavy atom. The zero-order chi connectivity index (χ0) is 12.3. The zero-order valence-corrected chi connectivity index (χ0v) is 10.6. The Morgan fingerprint density at radius 3 is 3.00 bits per heavy atom. The van der Waals surface area contributed by atoms with Crippen LogP contribution in [0.5, 0.6) is 5.75 Å². The molecule has 1 aliphatic rings. The Bertz CT molecular complexity index is 405. The fourth-order valence-corrected chi connectivity index (χ4v) is 3.59. The minimum absolute atomic E-state index is 0.194. The van der Waals surface area contributed by atoms with Crippen LogP contribution in [0.3, 0.4) is 0 Å². The SMILES string of the molecule is COc1cccc(SC2CCCC2C(=O)O)c1. The summed E-state index contributed by atoms with van der Waals surface area (Å²) in [5, 5.41) is 9.32. The summed E-state index contributed by atoms with van der Waals surface area (Å²) in [5.41, 5.74) is 0. The smallest absolute Gasteiger partial charge is 0.307 e. The van der Waals surface area contributed by atoms with Gasteiger partial charge in [-0.15, -0.1) is 11.8 Å². The number of benzene rings is 1. The van der Waals surface area contributed by atoms with Crippen LogP contribution in [0.2, 0.25) is 0 Å². The van der Waals surface area contributed by atoms with Gasteiger partial charge in [0.15, 0.2) is 0 Å². The molecular weight excluding hydrogens is 236 g/mol. The van der Waals surface area contributed by atoms with Gasteiger partial charge in [0.1, 0.15) is 5.75 Å². The average Bonchev–Trinajstić information content (AvgIpc) is 2.77. The number of ether oxygens (including phenoxy) is 1. The molecule has 0 saturated heterocycles. The van der Waals surface area contributed by atoms with E-state index in [2.05, 4.69) is 0 Å². The van der Waals surface area contributed by atoms with Crippen molar-refractivity contribution in [1.82, 2.24) is 0 Å². The summed E-state index contributed by atoms with van der Waals surface area (Å²) in [6, 6.07) is 7.80. The van der Waals surface area contributed by atoms with Crippen LogP contribution in [-0.2, 0) is 4.79 Å². The molecule has 2 unspecified atom stereocenters. The maximum atomic E-state index is 11.1. The van der Waals surface area contributed by atoms with Crippen molar-refractivity contribution < 1.29 is 14.6 Å². The number of hydrogen-bond donors (Lipinski definition) is 1. The van der Waals surface area contributed by atoms with Gasteiger partial charge in [0.05, 0.1) is 13.0 Å². The van der Waals surface area contributed by atoms with E-state index in [1.165, 1.54) is 0 Å². The maximum Gasteiger partial charge on any atom is 0.307 e. The summed E-state index contributed by atoms with van der Waals surface area (Å²) in [5.74, 6) is -0.0473. The molecule has 0 aliphatic heterocycles. The van der Waals surface area contributed by atoms with Gasteiger partial charge in [-0.3, -0.25) is 4.79 Å². The van der Waals surface area contributed by atoms with Crippen molar-refractivity contribution in [3.8, 4) is 5.75 Å². The van der Waals surface area contributed by atoms with E-state index in [0.29, 0.717) is 0 Å². The molecule has 1 fully saturated rings. The summed E-state index contributed by atoms with van der Waals surface area (Å²) in [6.45, 7) is 0. The first-order valence-electron chi connectivity index (χ1n) is 5.74. The number of methoxy groups -OCH3 is 1. The van der Waals surface area contributed by atoms with Crippen LogP contribution in [0.1, 0.15) is 19.3 Å². The van der Waals surface area contributed by atoms with Gasteiger partial charge in [0.25, 0.3) is 0 Å². The summed E-state index contributed by atoms with van der Waals surface area (Å²) in [4.78, 5) is 12.2. The van der Waals surface area contributed by atoms with Gasteiger partial charge in [-0.05, 0) is 31.0 Å². The molecule has 1 aliphatic carbocycles. The number of aliphatic carboxylic acids is 1. The highest BCUT2D eigenvalue weighted by molar-refractivity contribution is 8.00. The van der Waals surface area contributed by atoms with Crippen LogP contribution in [0.4, 0.5) is 0 Å². The van der Waals surface area contributed by atoms with Gasteiger partial charge in [0, 0.05) is 10.1 Å². The van der Waals surface area contributed by atoms with Crippen LogP contribution < -0.4 is 4.74 Å². The van der Waals surface area contributed by atoms with Gasteiger partial charge in [-0.1, -0.05) is 12.5 Å². The lowest BCUT2D eigenvalue weighted by atomic mass is 10.1. The molecule has 2 rings (SSSR count). The topological polar surface area (TPSA) is 46.5 Å². The number of hydrogen-bond acceptors (Lipinski definition) is 3. The summed E-state index contributed by atoms with van der Waals surface area (Å²) < 4.78 is 5.16. The highest BCUT2D eigenvalue weighted by atomic mass is 32.2. The minimum Gasteiger partial charge on any atom is -0.497 e. The number of thioether (sulfide) groups is 1. The first-order chi connectivity index (χ1) is 8.20. The van der Waals surface area contributed by atoms with E-state index >= 15 is 0 Å². The third-order valence-corrected chi connectivity index (χ3v) is 4.49. The number of carboxylic acids is 1. The lowest BCUT2D eigenvalue weighted by Crippen LogP contribution is -2.19. The number of carboxylic acid groups (broad SMARTS) is 1. The first kappa shape index (κ1) is 12.3. The monoisotopic (exact) mass is 252 g/mol. The molecule has 1 aromatic carbocycles. The second-order valence-electron chi connectivity index (χ2n) is 4.21. The highest BCUT2D eigenvalue weighted by Crippen LogP contribution is 2.39. The number of rotatable bonds is 4. The molecule has 0 radical (unpaired) electrons. The summed E-state index contributed by atoms with van der Waals surface area (Å²) in [6.07, 6.45) is 2.80. The Morgan fingerprint density at radius 2 is 2.29 bits per heavy atom. The van der Waals surface area contributed by atoms with E-state index in [1.54, 1.807) is 18.9 Å². The first-order valence-corrected chi connectivity index (χ1v) is 6.62.